The molecule has 0 saturated carbocycles. The molecule has 0 bridgehead atoms. The van der Waals surface area contributed by atoms with E-state index in [1.165, 1.54) is 18.2 Å². The van der Waals surface area contributed by atoms with Gasteiger partial charge in [-0.2, -0.15) is 5.10 Å². The minimum Gasteiger partial charge on any atom is -0.318 e. The summed E-state index contributed by atoms with van der Waals surface area (Å²) in [7, 11) is 0. The van der Waals surface area contributed by atoms with Crippen LogP contribution in [-0.4, -0.2) is 17.5 Å². The summed E-state index contributed by atoms with van der Waals surface area (Å²) in [5.74, 6) is -1.75. The molecule has 0 heterocycles. The van der Waals surface area contributed by atoms with Crippen molar-refractivity contribution in [2.75, 3.05) is 5.32 Å². The van der Waals surface area contributed by atoms with Crippen molar-refractivity contribution in [2.24, 2.45) is 5.10 Å². The number of hydrogen-bond donors (Lipinski definition) is 2. The Labute approximate surface area is 157 Å². The summed E-state index contributed by atoms with van der Waals surface area (Å²) in [5, 5.41) is 6.96. The normalized spacial score (nSPS) is 11.1. The van der Waals surface area contributed by atoms with Gasteiger partial charge in [-0.25, -0.2) is 5.43 Å². The van der Waals surface area contributed by atoms with E-state index >= 15 is 0 Å². The second-order valence-corrected chi connectivity index (χ2v) is 6.46. The number of amides is 2. The highest BCUT2D eigenvalue weighted by Gasteiger charge is 2.14. The lowest BCUT2D eigenvalue weighted by Gasteiger charge is -2.06. The number of rotatable bonds is 3. The topological polar surface area (TPSA) is 70.6 Å². The van der Waals surface area contributed by atoms with Gasteiger partial charge in [0.25, 0.3) is 0 Å². The smallest absolute Gasteiger partial charge is 0.318 e. The number of nitrogens with zero attached hydrogens (tertiary/aromatic N) is 1. The highest BCUT2D eigenvalue weighted by Crippen LogP contribution is 2.24. The van der Waals surface area contributed by atoms with E-state index in [4.69, 9.17) is 23.2 Å². The van der Waals surface area contributed by atoms with Crippen molar-refractivity contribution in [3.8, 4) is 0 Å². The number of nitrogens with one attached hydrogen (secondary N) is 2. The number of hydrazone groups is 1. The van der Waals surface area contributed by atoms with Crippen LogP contribution in [0.1, 0.15) is 12.5 Å². The van der Waals surface area contributed by atoms with Crippen LogP contribution in [0.2, 0.25) is 10.0 Å². The molecular formula is C16H12BrCl2N3O2. The van der Waals surface area contributed by atoms with Gasteiger partial charge in [-0.3, -0.25) is 9.59 Å². The molecule has 0 unspecified atom stereocenters. The number of halogens is 3. The summed E-state index contributed by atoms with van der Waals surface area (Å²) in [6, 6.07) is 11.9. The molecule has 2 aromatic carbocycles. The summed E-state index contributed by atoms with van der Waals surface area (Å²) in [4.78, 5) is 23.6. The molecule has 24 heavy (non-hydrogen) atoms. The van der Waals surface area contributed by atoms with Gasteiger partial charge in [0.05, 0.1) is 15.8 Å². The standard InChI is InChI=1S/C16H12BrCl2N3O2/c1-9(10-2-4-11(17)5-3-10)21-22-16(24)15(23)20-12-6-7-13(18)14(19)8-12/h2-8H,1H3,(H,20,23)(H,22,24). The number of carbonyl (C=O) groups is 2. The zero-order valence-corrected chi connectivity index (χ0v) is 15.5. The molecule has 8 heteroatoms. The van der Waals surface area contributed by atoms with Gasteiger partial charge in [-0.15, -0.1) is 0 Å². The average Bonchev–Trinajstić information content (AvgIpc) is 2.56. The van der Waals surface area contributed by atoms with Crippen molar-refractivity contribution in [3.63, 3.8) is 0 Å². The number of hydrogen-bond acceptors (Lipinski definition) is 3. The van der Waals surface area contributed by atoms with Gasteiger partial charge in [-0.1, -0.05) is 51.3 Å². The molecule has 5 nitrogen and oxygen atoms in total. The number of anilines is 1. The molecule has 0 aromatic heterocycles. The molecule has 0 saturated heterocycles. The monoisotopic (exact) mass is 427 g/mol. The number of carbonyl (C=O) groups excluding carboxylic acids is 2. The molecule has 0 spiro atoms. The molecule has 0 radical (unpaired) electrons. The molecule has 2 rings (SSSR count). The second-order valence-electron chi connectivity index (χ2n) is 4.73. The molecule has 2 N–H and O–H groups in total. The molecule has 0 aliphatic carbocycles. The van der Waals surface area contributed by atoms with Gasteiger partial charge < -0.3 is 5.32 Å². The van der Waals surface area contributed by atoms with E-state index in [1.807, 2.05) is 24.3 Å². The summed E-state index contributed by atoms with van der Waals surface area (Å²) < 4.78 is 0.934. The highest BCUT2D eigenvalue weighted by atomic mass is 79.9. The Morgan fingerprint density at radius 1 is 1.00 bits per heavy atom. The minimum absolute atomic E-state index is 0.277. The maximum atomic E-state index is 11.8. The fourth-order valence-electron chi connectivity index (χ4n) is 1.70. The first kappa shape index (κ1) is 18.4. The molecule has 0 atom stereocenters. The van der Waals surface area contributed by atoms with Gasteiger partial charge in [-0.05, 0) is 42.8 Å². The maximum Gasteiger partial charge on any atom is 0.329 e. The van der Waals surface area contributed by atoms with Crippen LogP contribution in [0.3, 0.4) is 0 Å². The van der Waals surface area contributed by atoms with Crippen LogP contribution in [0.4, 0.5) is 5.69 Å². The van der Waals surface area contributed by atoms with Crippen LogP contribution in [0, 0.1) is 0 Å². The summed E-state index contributed by atoms with van der Waals surface area (Å²) in [6.07, 6.45) is 0. The van der Waals surface area contributed by atoms with E-state index in [0.717, 1.165) is 10.0 Å². The highest BCUT2D eigenvalue weighted by molar-refractivity contribution is 9.10. The molecule has 2 amide bonds. The molecular weight excluding hydrogens is 417 g/mol. The van der Waals surface area contributed by atoms with E-state index in [2.05, 4.69) is 31.8 Å². The maximum absolute atomic E-state index is 11.8. The van der Waals surface area contributed by atoms with Crippen LogP contribution < -0.4 is 10.7 Å². The van der Waals surface area contributed by atoms with E-state index in [0.29, 0.717) is 16.4 Å². The lowest BCUT2D eigenvalue weighted by molar-refractivity contribution is -0.136. The Hall–Kier alpha value is -1.89. The molecule has 2 aromatic rings. The largest absolute Gasteiger partial charge is 0.329 e. The Morgan fingerprint density at radius 3 is 2.29 bits per heavy atom. The van der Waals surface area contributed by atoms with Gasteiger partial charge >= 0.3 is 11.8 Å². The molecule has 0 fully saturated rings. The average molecular weight is 429 g/mol. The first-order valence-corrected chi connectivity index (χ1v) is 8.28. The summed E-state index contributed by atoms with van der Waals surface area (Å²) in [5.41, 5.74) is 3.96. The Bertz CT molecular complexity index is 807. The molecule has 0 aliphatic heterocycles. The zero-order chi connectivity index (χ0) is 17.7. The van der Waals surface area contributed by atoms with E-state index in [-0.39, 0.29) is 5.02 Å². The molecule has 124 valence electrons. The van der Waals surface area contributed by atoms with Crippen LogP contribution in [0.25, 0.3) is 0 Å². The third kappa shape index (κ3) is 5.06. The third-order valence-electron chi connectivity index (χ3n) is 2.97. The van der Waals surface area contributed by atoms with Gasteiger partial charge in [0.15, 0.2) is 0 Å². The third-order valence-corrected chi connectivity index (χ3v) is 4.24. The quantitative estimate of drug-likeness (QED) is 0.436. The van der Waals surface area contributed by atoms with Crippen molar-refractivity contribution in [3.05, 3.63) is 62.5 Å². The van der Waals surface area contributed by atoms with E-state index in [1.54, 1.807) is 6.92 Å². The number of benzene rings is 2. The Balaban J connectivity index is 1.98. The van der Waals surface area contributed by atoms with Crippen LogP contribution in [0.5, 0.6) is 0 Å². The molecule has 0 aliphatic rings. The van der Waals surface area contributed by atoms with Crippen molar-refractivity contribution in [1.82, 2.24) is 5.43 Å². The van der Waals surface area contributed by atoms with Crippen molar-refractivity contribution in [2.45, 2.75) is 6.92 Å². The predicted molar refractivity (Wildman–Crippen MR) is 99.6 cm³/mol. The van der Waals surface area contributed by atoms with Gasteiger partial charge in [0.2, 0.25) is 0 Å². The summed E-state index contributed by atoms with van der Waals surface area (Å²) >= 11 is 15.0. The van der Waals surface area contributed by atoms with E-state index < -0.39 is 11.8 Å². The van der Waals surface area contributed by atoms with Crippen molar-refractivity contribution < 1.29 is 9.59 Å². The van der Waals surface area contributed by atoms with Gasteiger partial charge in [0.1, 0.15) is 0 Å². The summed E-state index contributed by atoms with van der Waals surface area (Å²) in [6.45, 7) is 1.72. The fraction of sp³-hybridized carbons (Fsp3) is 0.0625. The lowest BCUT2D eigenvalue weighted by atomic mass is 10.1. The minimum atomic E-state index is -0.891. The van der Waals surface area contributed by atoms with Crippen LogP contribution >= 0.6 is 39.1 Å². The van der Waals surface area contributed by atoms with Crippen LogP contribution in [0.15, 0.2) is 52.0 Å². The SMILES string of the molecule is CC(=NNC(=O)C(=O)Nc1ccc(Cl)c(Cl)c1)c1ccc(Br)cc1. The van der Waals surface area contributed by atoms with Crippen molar-refractivity contribution in [1.29, 1.82) is 0 Å². The Morgan fingerprint density at radius 2 is 1.67 bits per heavy atom. The van der Waals surface area contributed by atoms with E-state index in [9.17, 15) is 9.59 Å². The Kier molecular flexibility index (Phi) is 6.36. The zero-order valence-electron chi connectivity index (χ0n) is 12.4. The second kappa shape index (κ2) is 8.28. The first-order valence-electron chi connectivity index (χ1n) is 6.73. The first-order chi connectivity index (χ1) is 11.4. The lowest BCUT2D eigenvalue weighted by Crippen LogP contribution is -2.32. The fourth-order valence-corrected chi connectivity index (χ4v) is 2.27. The van der Waals surface area contributed by atoms with Crippen LogP contribution in [-0.2, 0) is 9.59 Å². The predicted octanol–water partition coefficient (Wildman–Crippen LogP) is 4.23. The van der Waals surface area contributed by atoms with Crippen molar-refractivity contribution >= 4 is 62.3 Å². The van der Waals surface area contributed by atoms with Gasteiger partial charge in [0, 0.05) is 10.2 Å².